The number of nitrogens with one attached hydrogen (secondary N) is 1. The van der Waals surface area contributed by atoms with Gasteiger partial charge in [0.05, 0.1) is 16.3 Å². The summed E-state index contributed by atoms with van der Waals surface area (Å²) >= 11 is 0. The molecule has 0 amide bonds. The van der Waals surface area contributed by atoms with Crippen LogP contribution in [-0.2, 0) is 10.0 Å². The molecule has 2 aromatic heterocycles. The zero-order chi connectivity index (χ0) is 25.1. The first-order valence-electron chi connectivity index (χ1n) is 13.3. The van der Waals surface area contributed by atoms with Gasteiger partial charge < -0.3 is 11.1 Å². The highest BCUT2D eigenvalue weighted by Gasteiger charge is 2.28. The average molecular weight is 512 g/mol. The second kappa shape index (κ2) is 10.8. The SMILES string of the molecule is CCCCNc1ncc2c(-c3ccc(S(=O)(=O)N4CCC(N)CC4)cc3)nn(C3CCCCC3)c2n1. The van der Waals surface area contributed by atoms with Gasteiger partial charge in [-0.15, -0.1) is 0 Å². The third kappa shape index (κ3) is 5.12. The van der Waals surface area contributed by atoms with Gasteiger partial charge in [0.25, 0.3) is 0 Å². The van der Waals surface area contributed by atoms with Gasteiger partial charge >= 0.3 is 0 Å². The van der Waals surface area contributed by atoms with Crippen LogP contribution in [0.3, 0.4) is 0 Å². The Labute approximate surface area is 213 Å². The Balaban J connectivity index is 1.47. The van der Waals surface area contributed by atoms with Crippen molar-refractivity contribution in [1.82, 2.24) is 24.1 Å². The summed E-state index contributed by atoms with van der Waals surface area (Å²) in [6.07, 6.45) is 11.2. The number of hydrogen-bond acceptors (Lipinski definition) is 7. The van der Waals surface area contributed by atoms with Gasteiger partial charge in [0, 0.05) is 37.4 Å². The van der Waals surface area contributed by atoms with Crippen molar-refractivity contribution >= 4 is 27.0 Å². The van der Waals surface area contributed by atoms with Gasteiger partial charge in [0.1, 0.15) is 5.69 Å². The quantitative estimate of drug-likeness (QED) is 0.432. The van der Waals surface area contributed by atoms with E-state index in [0.717, 1.165) is 54.5 Å². The zero-order valence-electron chi connectivity index (χ0n) is 21.1. The van der Waals surface area contributed by atoms with Crippen molar-refractivity contribution in [3.8, 4) is 11.3 Å². The molecule has 194 valence electrons. The molecule has 1 aliphatic carbocycles. The minimum absolute atomic E-state index is 0.0796. The molecular weight excluding hydrogens is 474 g/mol. The molecule has 1 aromatic carbocycles. The number of hydrogen-bond donors (Lipinski definition) is 2. The maximum absolute atomic E-state index is 13.1. The minimum Gasteiger partial charge on any atom is -0.354 e. The molecule has 3 heterocycles. The predicted octanol–water partition coefficient (Wildman–Crippen LogP) is 4.32. The Bertz CT molecular complexity index is 1280. The average Bonchev–Trinajstić information content (AvgIpc) is 3.29. The third-order valence-electron chi connectivity index (χ3n) is 7.45. The number of nitrogens with two attached hydrogens (primary N) is 1. The number of benzene rings is 1. The van der Waals surface area contributed by atoms with Crippen LogP contribution >= 0.6 is 0 Å². The van der Waals surface area contributed by atoms with Crippen molar-refractivity contribution in [3.05, 3.63) is 30.5 Å². The molecule has 9 nitrogen and oxygen atoms in total. The Hall–Kier alpha value is -2.56. The van der Waals surface area contributed by atoms with Crippen LogP contribution in [0.1, 0.15) is 70.8 Å². The minimum atomic E-state index is -3.54. The van der Waals surface area contributed by atoms with E-state index in [2.05, 4.69) is 21.9 Å². The molecule has 0 radical (unpaired) electrons. The molecule has 1 saturated heterocycles. The molecule has 5 rings (SSSR count). The summed E-state index contributed by atoms with van der Waals surface area (Å²) in [5, 5.41) is 9.25. The van der Waals surface area contributed by atoms with Crippen molar-refractivity contribution < 1.29 is 8.42 Å². The second-order valence-corrected chi connectivity index (χ2v) is 12.0. The molecule has 0 atom stereocenters. The fourth-order valence-electron chi connectivity index (χ4n) is 5.23. The fourth-order valence-corrected chi connectivity index (χ4v) is 6.70. The van der Waals surface area contributed by atoms with Crippen LogP contribution in [0.2, 0.25) is 0 Å². The molecule has 10 heteroatoms. The second-order valence-electron chi connectivity index (χ2n) is 10.1. The Morgan fingerprint density at radius 3 is 2.47 bits per heavy atom. The van der Waals surface area contributed by atoms with E-state index in [1.54, 1.807) is 16.4 Å². The summed E-state index contributed by atoms with van der Waals surface area (Å²) in [5.41, 5.74) is 8.46. The molecule has 2 fully saturated rings. The standard InChI is InChI=1S/C26H37N7O2S/c1-2-3-15-28-26-29-18-23-24(31-33(25(23)30-26)21-7-5-4-6-8-21)19-9-11-22(12-10-19)36(34,35)32-16-13-20(27)14-17-32/h9-12,18,20-21H,2-8,13-17,27H2,1H3,(H,28,29,30). The number of anilines is 1. The number of unbranched alkanes of at least 4 members (excludes halogenated alkanes) is 1. The van der Waals surface area contributed by atoms with Crippen LogP contribution < -0.4 is 11.1 Å². The van der Waals surface area contributed by atoms with Gasteiger partial charge in [-0.25, -0.2) is 18.1 Å². The third-order valence-corrected chi connectivity index (χ3v) is 9.36. The predicted molar refractivity (Wildman–Crippen MR) is 142 cm³/mol. The van der Waals surface area contributed by atoms with Crippen molar-refractivity contribution in [2.75, 3.05) is 25.0 Å². The van der Waals surface area contributed by atoms with Crippen LogP contribution in [0.25, 0.3) is 22.3 Å². The van der Waals surface area contributed by atoms with Gasteiger partial charge in [-0.1, -0.05) is 44.7 Å². The number of sulfonamides is 1. The highest BCUT2D eigenvalue weighted by atomic mass is 32.2. The Morgan fingerprint density at radius 1 is 1.06 bits per heavy atom. The monoisotopic (exact) mass is 511 g/mol. The first-order chi connectivity index (χ1) is 17.5. The first kappa shape index (κ1) is 25.1. The molecular formula is C26H37N7O2S. The van der Waals surface area contributed by atoms with Gasteiger partial charge in [-0.05, 0) is 44.2 Å². The number of rotatable bonds is 8. The van der Waals surface area contributed by atoms with Crippen molar-refractivity contribution in [1.29, 1.82) is 0 Å². The lowest BCUT2D eigenvalue weighted by Crippen LogP contribution is -2.42. The molecule has 3 aromatic rings. The van der Waals surface area contributed by atoms with Gasteiger partial charge in [-0.3, -0.25) is 0 Å². The Morgan fingerprint density at radius 2 is 1.78 bits per heavy atom. The van der Waals surface area contributed by atoms with E-state index in [-0.39, 0.29) is 6.04 Å². The molecule has 0 unspecified atom stereocenters. The number of piperidine rings is 1. The summed E-state index contributed by atoms with van der Waals surface area (Å²) in [7, 11) is -3.54. The fraction of sp³-hybridized carbons (Fsp3) is 0.577. The van der Waals surface area contributed by atoms with Crippen LogP contribution in [0.5, 0.6) is 0 Å². The first-order valence-corrected chi connectivity index (χ1v) is 14.8. The molecule has 36 heavy (non-hydrogen) atoms. The highest BCUT2D eigenvalue weighted by molar-refractivity contribution is 7.89. The van der Waals surface area contributed by atoms with E-state index in [1.807, 2.05) is 18.3 Å². The van der Waals surface area contributed by atoms with Crippen LogP contribution in [0.15, 0.2) is 35.4 Å². The van der Waals surface area contributed by atoms with Crippen molar-refractivity contribution in [3.63, 3.8) is 0 Å². The summed E-state index contributed by atoms with van der Waals surface area (Å²) in [6.45, 7) is 3.93. The van der Waals surface area contributed by atoms with E-state index >= 15 is 0 Å². The smallest absolute Gasteiger partial charge is 0.243 e. The van der Waals surface area contributed by atoms with Crippen molar-refractivity contribution in [2.45, 2.75) is 81.7 Å². The van der Waals surface area contributed by atoms with E-state index in [1.165, 1.54) is 19.3 Å². The van der Waals surface area contributed by atoms with Gasteiger partial charge in [-0.2, -0.15) is 14.4 Å². The van der Waals surface area contributed by atoms with E-state index in [9.17, 15) is 8.42 Å². The lowest BCUT2D eigenvalue weighted by Gasteiger charge is -2.29. The lowest BCUT2D eigenvalue weighted by atomic mass is 9.96. The molecule has 0 spiro atoms. The maximum atomic E-state index is 13.1. The van der Waals surface area contributed by atoms with Gasteiger partial charge in [0.2, 0.25) is 16.0 Å². The van der Waals surface area contributed by atoms with Crippen LogP contribution in [-0.4, -0.2) is 58.1 Å². The zero-order valence-corrected chi connectivity index (χ0v) is 21.9. The van der Waals surface area contributed by atoms with Crippen molar-refractivity contribution in [2.24, 2.45) is 5.73 Å². The van der Waals surface area contributed by atoms with E-state index in [0.29, 0.717) is 42.8 Å². The van der Waals surface area contributed by atoms with Crippen LogP contribution in [0, 0.1) is 0 Å². The molecule has 3 N–H and O–H groups in total. The molecule has 1 saturated carbocycles. The number of fused-ring (bicyclic) bond motifs is 1. The summed E-state index contributed by atoms with van der Waals surface area (Å²) in [5.74, 6) is 0.627. The summed E-state index contributed by atoms with van der Waals surface area (Å²) < 4.78 is 29.9. The summed E-state index contributed by atoms with van der Waals surface area (Å²) in [4.78, 5) is 9.72. The molecule has 0 bridgehead atoms. The largest absolute Gasteiger partial charge is 0.354 e. The van der Waals surface area contributed by atoms with E-state index in [4.69, 9.17) is 15.8 Å². The Kier molecular flexibility index (Phi) is 7.55. The van der Waals surface area contributed by atoms with Crippen LogP contribution in [0.4, 0.5) is 5.95 Å². The van der Waals surface area contributed by atoms with E-state index < -0.39 is 10.0 Å². The summed E-state index contributed by atoms with van der Waals surface area (Å²) in [6, 6.07) is 7.47. The number of nitrogens with zero attached hydrogens (tertiary/aromatic N) is 5. The molecule has 1 aliphatic heterocycles. The molecule has 2 aliphatic rings. The maximum Gasteiger partial charge on any atom is 0.243 e. The number of aromatic nitrogens is 4. The topological polar surface area (TPSA) is 119 Å². The normalized spacial score (nSPS) is 18.6. The lowest BCUT2D eigenvalue weighted by molar-refractivity contribution is 0.320. The highest BCUT2D eigenvalue weighted by Crippen LogP contribution is 2.35. The van der Waals surface area contributed by atoms with Gasteiger partial charge in [0.15, 0.2) is 5.65 Å².